The lowest BCUT2D eigenvalue weighted by molar-refractivity contribution is -0.119. The van der Waals surface area contributed by atoms with E-state index in [1.807, 2.05) is 13.0 Å². The number of amides is 1. The number of hydrogen-bond donors (Lipinski definition) is 2. The van der Waals surface area contributed by atoms with Gasteiger partial charge in [0.05, 0.1) is 17.6 Å². The Morgan fingerprint density at radius 1 is 1.59 bits per heavy atom. The molecule has 1 amide bonds. The lowest BCUT2D eigenvalue weighted by atomic mass is 10.1. The quantitative estimate of drug-likeness (QED) is 0.806. The topological polar surface area (TPSA) is 64.9 Å². The van der Waals surface area contributed by atoms with Crippen LogP contribution in [0.3, 0.4) is 0 Å². The average Bonchev–Trinajstić information content (AvgIpc) is 2.85. The molecule has 1 aromatic carbocycles. The molecule has 1 atom stereocenters. The number of carbonyl (C=O) groups excluding carboxylic acids is 1. The number of carbonyl (C=O) groups is 1. The maximum Gasteiger partial charge on any atom is 0.228 e. The normalized spacial score (nSPS) is 18.7. The van der Waals surface area contributed by atoms with Crippen molar-refractivity contribution in [3.63, 3.8) is 0 Å². The van der Waals surface area contributed by atoms with Crippen LogP contribution in [0.25, 0.3) is 0 Å². The van der Waals surface area contributed by atoms with Crippen LogP contribution in [0.2, 0.25) is 0 Å². The van der Waals surface area contributed by atoms with Crippen molar-refractivity contribution in [3.05, 3.63) is 29.3 Å². The third kappa shape index (κ3) is 2.63. The van der Waals surface area contributed by atoms with Gasteiger partial charge in [0.25, 0.3) is 0 Å². The summed E-state index contributed by atoms with van der Waals surface area (Å²) in [6, 6.07) is 7.39. The highest BCUT2D eigenvalue weighted by atomic mass is 16.1. The molecular formula is C13H15N3O. The maximum atomic E-state index is 11.9. The van der Waals surface area contributed by atoms with Crippen molar-refractivity contribution in [1.82, 2.24) is 5.32 Å². The minimum Gasteiger partial charge on any atom is -0.326 e. The minimum atomic E-state index is 0.0354. The fraction of sp³-hybridized carbons (Fsp3) is 0.385. The molecule has 0 spiro atoms. The first-order valence-electron chi connectivity index (χ1n) is 5.73. The number of anilines is 1. The Balaban J connectivity index is 2.12. The predicted molar refractivity (Wildman–Crippen MR) is 65.5 cm³/mol. The lowest BCUT2D eigenvalue weighted by Gasteiger charge is -2.12. The average molecular weight is 229 g/mol. The fourth-order valence-electron chi connectivity index (χ4n) is 1.94. The summed E-state index contributed by atoms with van der Waals surface area (Å²) in [4.78, 5) is 11.9. The number of rotatable bonds is 2. The van der Waals surface area contributed by atoms with Gasteiger partial charge in [-0.05, 0) is 37.6 Å². The summed E-state index contributed by atoms with van der Waals surface area (Å²) in [5, 5.41) is 14.9. The van der Waals surface area contributed by atoms with Gasteiger partial charge in [-0.3, -0.25) is 4.79 Å². The minimum absolute atomic E-state index is 0.0354. The molecule has 1 saturated heterocycles. The summed E-state index contributed by atoms with van der Waals surface area (Å²) in [6.07, 6.45) is 0.878. The van der Waals surface area contributed by atoms with E-state index in [-0.39, 0.29) is 11.8 Å². The second-order valence-electron chi connectivity index (χ2n) is 4.32. The molecule has 2 rings (SSSR count). The standard InChI is InChI=1S/C13H15N3O/c1-9-2-3-10(7-14)6-12(9)16-13(17)11-4-5-15-8-11/h2-3,6,11,15H,4-5,8H2,1H3,(H,16,17). The molecule has 1 aliphatic heterocycles. The summed E-state index contributed by atoms with van der Waals surface area (Å²) >= 11 is 0. The highest BCUT2D eigenvalue weighted by molar-refractivity contribution is 5.93. The Morgan fingerprint density at radius 2 is 2.41 bits per heavy atom. The first-order valence-corrected chi connectivity index (χ1v) is 5.73. The van der Waals surface area contributed by atoms with E-state index in [1.165, 1.54) is 0 Å². The summed E-state index contributed by atoms with van der Waals surface area (Å²) in [6.45, 7) is 3.56. The molecule has 4 nitrogen and oxygen atoms in total. The number of nitrogens with zero attached hydrogens (tertiary/aromatic N) is 1. The third-order valence-electron chi connectivity index (χ3n) is 3.06. The zero-order valence-electron chi connectivity index (χ0n) is 9.79. The van der Waals surface area contributed by atoms with Crippen LogP contribution in [0.5, 0.6) is 0 Å². The van der Waals surface area contributed by atoms with E-state index in [9.17, 15) is 4.79 Å². The molecule has 0 aliphatic carbocycles. The van der Waals surface area contributed by atoms with Gasteiger partial charge in [0, 0.05) is 12.2 Å². The molecule has 0 saturated carbocycles. The molecule has 1 heterocycles. The second-order valence-corrected chi connectivity index (χ2v) is 4.32. The Hall–Kier alpha value is -1.86. The lowest BCUT2D eigenvalue weighted by Crippen LogP contribution is -2.25. The number of aryl methyl sites for hydroxylation is 1. The van der Waals surface area contributed by atoms with Crippen LogP contribution in [0.1, 0.15) is 17.5 Å². The summed E-state index contributed by atoms with van der Waals surface area (Å²) in [5.41, 5.74) is 2.28. The Morgan fingerprint density at radius 3 is 3.06 bits per heavy atom. The van der Waals surface area contributed by atoms with Crippen LogP contribution in [-0.2, 0) is 4.79 Å². The van der Waals surface area contributed by atoms with Gasteiger partial charge in [0.1, 0.15) is 0 Å². The van der Waals surface area contributed by atoms with Gasteiger partial charge in [-0.2, -0.15) is 5.26 Å². The van der Waals surface area contributed by atoms with Crippen LogP contribution in [0, 0.1) is 24.2 Å². The molecule has 1 aromatic rings. The molecular weight excluding hydrogens is 214 g/mol. The van der Waals surface area contributed by atoms with Crippen molar-refractivity contribution in [2.45, 2.75) is 13.3 Å². The Kier molecular flexibility index (Phi) is 3.40. The van der Waals surface area contributed by atoms with E-state index in [4.69, 9.17) is 5.26 Å². The zero-order valence-corrected chi connectivity index (χ0v) is 9.79. The van der Waals surface area contributed by atoms with Gasteiger partial charge in [-0.15, -0.1) is 0 Å². The van der Waals surface area contributed by atoms with Crippen molar-refractivity contribution in [1.29, 1.82) is 5.26 Å². The van der Waals surface area contributed by atoms with Crippen LogP contribution < -0.4 is 10.6 Å². The van der Waals surface area contributed by atoms with E-state index in [1.54, 1.807) is 12.1 Å². The number of benzene rings is 1. The van der Waals surface area contributed by atoms with Gasteiger partial charge >= 0.3 is 0 Å². The zero-order chi connectivity index (χ0) is 12.3. The SMILES string of the molecule is Cc1ccc(C#N)cc1NC(=O)C1CCNC1. The molecule has 2 N–H and O–H groups in total. The van der Waals surface area contributed by atoms with E-state index < -0.39 is 0 Å². The fourth-order valence-corrected chi connectivity index (χ4v) is 1.94. The van der Waals surface area contributed by atoms with E-state index >= 15 is 0 Å². The molecule has 1 aliphatic rings. The predicted octanol–water partition coefficient (Wildman–Crippen LogP) is 1.41. The van der Waals surface area contributed by atoms with Crippen LogP contribution in [0.4, 0.5) is 5.69 Å². The van der Waals surface area contributed by atoms with Crippen LogP contribution >= 0.6 is 0 Å². The van der Waals surface area contributed by atoms with Crippen LogP contribution in [-0.4, -0.2) is 19.0 Å². The van der Waals surface area contributed by atoms with Crippen molar-refractivity contribution >= 4 is 11.6 Å². The molecule has 1 fully saturated rings. The largest absolute Gasteiger partial charge is 0.326 e. The second kappa shape index (κ2) is 4.98. The van der Waals surface area contributed by atoms with E-state index in [0.29, 0.717) is 5.56 Å². The monoisotopic (exact) mass is 229 g/mol. The summed E-state index contributed by atoms with van der Waals surface area (Å²) in [5.74, 6) is 0.0772. The highest BCUT2D eigenvalue weighted by Gasteiger charge is 2.22. The van der Waals surface area contributed by atoms with Crippen molar-refractivity contribution < 1.29 is 4.79 Å². The van der Waals surface area contributed by atoms with Gasteiger partial charge in [0.2, 0.25) is 5.91 Å². The first-order chi connectivity index (χ1) is 8.20. The first kappa shape index (κ1) is 11.6. The maximum absolute atomic E-state index is 11.9. The van der Waals surface area contributed by atoms with Gasteiger partial charge in [-0.25, -0.2) is 0 Å². The van der Waals surface area contributed by atoms with E-state index in [2.05, 4.69) is 16.7 Å². The molecule has 88 valence electrons. The van der Waals surface area contributed by atoms with Gasteiger partial charge < -0.3 is 10.6 Å². The summed E-state index contributed by atoms with van der Waals surface area (Å²) in [7, 11) is 0. The summed E-state index contributed by atoms with van der Waals surface area (Å²) < 4.78 is 0. The van der Waals surface area contributed by atoms with Gasteiger partial charge in [-0.1, -0.05) is 6.07 Å². The smallest absolute Gasteiger partial charge is 0.228 e. The Labute approximate surface area is 101 Å². The molecule has 0 bridgehead atoms. The third-order valence-corrected chi connectivity index (χ3v) is 3.06. The number of nitriles is 1. The van der Waals surface area contributed by atoms with Crippen molar-refractivity contribution in [2.75, 3.05) is 18.4 Å². The molecule has 0 radical (unpaired) electrons. The Bertz CT molecular complexity index is 470. The van der Waals surface area contributed by atoms with E-state index in [0.717, 1.165) is 30.8 Å². The highest BCUT2D eigenvalue weighted by Crippen LogP contribution is 2.18. The molecule has 0 aromatic heterocycles. The van der Waals surface area contributed by atoms with Crippen molar-refractivity contribution in [3.8, 4) is 6.07 Å². The van der Waals surface area contributed by atoms with Crippen LogP contribution in [0.15, 0.2) is 18.2 Å². The number of nitrogens with one attached hydrogen (secondary N) is 2. The molecule has 1 unspecified atom stereocenters. The molecule has 4 heteroatoms. The van der Waals surface area contributed by atoms with Crippen molar-refractivity contribution in [2.24, 2.45) is 5.92 Å². The number of hydrogen-bond acceptors (Lipinski definition) is 3. The van der Waals surface area contributed by atoms with Gasteiger partial charge in [0.15, 0.2) is 0 Å². The molecule has 17 heavy (non-hydrogen) atoms.